The first-order valence-electron chi connectivity index (χ1n) is 7.81. The van der Waals surface area contributed by atoms with Gasteiger partial charge < -0.3 is 15.4 Å². The molecule has 2 unspecified atom stereocenters. The molecule has 0 saturated carbocycles. The van der Waals surface area contributed by atoms with Crippen molar-refractivity contribution in [3.05, 3.63) is 35.6 Å². The fraction of sp³-hybridized carbons (Fsp3) is 0.588. The number of rotatable bonds is 7. The predicted molar refractivity (Wildman–Crippen MR) is 105 cm³/mol. The molecule has 0 aliphatic rings. The largest absolute Gasteiger partial charge is 0.375 e. The molecular formula is C17H29FIN3O. The van der Waals surface area contributed by atoms with Gasteiger partial charge in [0, 0.05) is 19.7 Å². The number of benzene rings is 1. The van der Waals surface area contributed by atoms with Crippen molar-refractivity contribution in [2.75, 3.05) is 20.2 Å². The standard InChI is InChI=1S/C17H28FN3O.HI/c1-6-19-17(21-13(4)12(2)3)20-11-16(22-5)14-7-9-15(18)10-8-14;/h7-10,12-13,16H,6,11H2,1-5H3,(H2,19,20,21);1H. The average Bonchev–Trinajstić information content (AvgIpc) is 2.49. The maximum absolute atomic E-state index is 13.0. The molecule has 0 heterocycles. The maximum atomic E-state index is 13.0. The lowest BCUT2D eigenvalue weighted by Crippen LogP contribution is -2.44. The van der Waals surface area contributed by atoms with Crippen LogP contribution in [-0.2, 0) is 4.74 Å². The van der Waals surface area contributed by atoms with E-state index in [1.165, 1.54) is 12.1 Å². The van der Waals surface area contributed by atoms with Crippen molar-refractivity contribution < 1.29 is 9.13 Å². The van der Waals surface area contributed by atoms with Crippen LogP contribution in [0.25, 0.3) is 0 Å². The van der Waals surface area contributed by atoms with Crippen molar-refractivity contribution in [3.63, 3.8) is 0 Å². The molecule has 0 aliphatic carbocycles. The van der Waals surface area contributed by atoms with Gasteiger partial charge >= 0.3 is 0 Å². The molecule has 1 aromatic rings. The molecule has 0 bridgehead atoms. The van der Waals surface area contributed by atoms with E-state index in [0.29, 0.717) is 18.5 Å². The normalized spacial score (nSPS) is 14.1. The highest BCUT2D eigenvalue weighted by molar-refractivity contribution is 14.0. The minimum atomic E-state index is -0.247. The third-order valence-electron chi connectivity index (χ3n) is 3.65. The lowest BCUT2D eigenvalue weighted by atomic mass is 10.1. The molecule has 4 nitrogen and oxygen atoms in total. The average molecular weight is 437 g/mol. The molecule has 6 heteroatoms. The van der Waals surface area contributed by atoms with Crippen molar-refractivity contribution in [1.82, 2.24) is 10.6 Å². The molecule has 23 heavy (non-hydrogen) atoms. The molecular weight excluding hydrogens is 408 g/mol. The maximum Gasteiger partial charge on any atom is 0.191 e. The Hall–Kier alpha value is -0.890. The van der Waals surface area contributed by atoms with E-state index in [9.17, 15) is 4.39 Å². The minimum absolute atomic E-state index is 0. The Labute approximate surface area is 156 Å². The summed E-state index contributed by atoms with van der Waals surface area (Å²) in [6.07, 6.45) is -0.189. The third-order valence-corrected chi connectivity index (χ3v) is 3.65. The molecule has 0 fully saturated rings. The van der Waals surface area contributed by atoms with Crippen molar-refractivity contribution in [3.8, 4) is 0 Å². The Bertz CT molecular complexity index is 465. The number of nitrogens with zero attached hydrogens (tertiary/aromatic N) is 1. The molecule has 1 rings (SSSR count). The van der Waals surface area contributed by atoms with Gasteiger partial charge in [-0.3, -0.25) is 4.99 Å². The van der Waals surface area contributed by atoms with Gasteiger partial charge in [-0.05, 0) is 37.5 Å². The molecule has 0 spiro atoms. The van der Waals surface area contributed by atoms with E-state index in [1.54, 1.807) is 19.2 Å². The quantitative estimate of drug-likeness (QED) is 0.388. The van der Waals surface area contributed by atoms with Gasteiger partial charge in [0.2, 0.25) is 0 Å². The first-order valence-corrected chi connectivity index (χ1v) is 7.81. The van der Waals surface area contributed by atoms with Gasteiger partial charge in [-0.2, -0.15) is 0 Å². The second kappa shape index (κ2) is 11.6. The SMILES string of the molecule is CCNC(=NCC(OC)c1ccc(F)cc1)NC(C)C(C)C.I. The monoisotopic (exact) mass is 437 g/mol. The van der Waals surface area contributed by atoms with Crippen LogP contribution in [0.5, 0.6) is 0 Å². The highest BCUT2D eigenvalue weighted by Crippen LogP contribution is 2.17. The van der Waals surface area contributed by atoms with Crippen LogP contribution < -0.4 is 10.6 Å². The van der Waals surface area contributed by atoms with Gasteiger partial charge in [0.1, 0.15) is 11.9 Å². The number of aliphatic imine (C=N–C) groups is 1. The first-order chi connectivity index (χ1) is 10.5. The van der Waals surface area contributed by atoms with E-state index in [1.807, 2.05) is 6.92 Å². The third kappa shape index (κ3) is 7.97. The summed E-state index contributed by atoms with van der Waals surface area (Å²) in [7, 11) is 1.64. The smallest absolute Gasteiger partial charge is 0.191 e. The number of ether oxygens (including phenoxy) is 1. The second-order valence-corrected chi connectivity index (χ2v) is 5.67. The highest BCUT2D eigenvalue weighted by Gasteiger charge is 2.12. The summed E-state index contributed by atoms with van der Waals surface area (Å²) in [4.78, 5) is 4.58. The Morgan fingerprint density at radius 2 is 1.83 bits per heavy atom. The number of methoxy groups -OCH3 is 1. The van der Waals surface area contributed by atoms with Crippen LogP contribution in [0.1, 0.15) is 39.4 Å². The Morgan fingerprint density at radius 3 is 2.30 bits per heavy atom. The fourth-order valence-corrected chi connectivity index (χ4v) is 1.87. The lowest BCUT2D eigenvalue weighted by molar-refractivity contribution is 0.111. The Balaban J connectivity index is 0.00000484. The Morgan fingerprint density at radius 1 is 1.22 bits per heavy atom. The van der Waals surface area contributed by atoms with Gasteiger partial charge in [-0.1, -0.05) is 26.0 Å². The number of nitrogens with one attached hydrogen (secondary N) is 2. The molecule has 2 atom stereocenters. The summed E-state index contributed by atoms with van der Waals surface area (Å²) in [5, 5.41) is 6.61. The van der Waals surface area contributed by atoms with Crippen molar-refractivity contribution in [2.45, 2.75) is 39.8 Å². The number of guanidine groups is 1. The van der Waals surface area contributed by atoms with Gasteiger partial charge in [0.05, 0.1) is 6.54 Å². The number of hydrogen-bond donors (Lipinski definition) is 2. The van der Waals surface area contributed by atoms with Gasteiger partial charge in [0.15, 0.2) is 5.96 Å². The van der Waals surface area contributed by atoms with E-state index >= 15 is 0 Å². The molecule has 0 aliphatic heterocycles. The van der Waals surface area contributed by atoms with Crippen LogP contribution in [0, 0.1) is 11.7 Å². The molecule has 2 N–H and O–H groups in total. The van der Waals surface area contributed by atoms with E-state index in [2.05, 4.69) is 36.4 Å². The summed E-state index contributed by atoms with van der Waals surface area (Å²) in [5.74, 6) is 1.04. The summed E-state index contributed by atoms with van der Waals surface area (Å²) >= 11 is 0. The minimum Gasteiger partial charge on any atom is -0.375 e. The molecule has 0 saturated heterocycles. The topological polar surface area (TPSA) is 45.7 Å². The Kier molecular flexibility index (Phi) is 11.2. The summed E-state index contributed by atoms with van der Waals surface area (Å²) in [6, 6.07) is 6.67. The summed E-state index contributed by atoms with van der Waals surface area (Å²) in [6.45, 7) is 9.76. The molecule has 132 valence electrons. The van der Waals surface area contributed by atoms with Crippen molar-refractivity contribution in [1.29, 1.82) is 0 Å². The molecule has 0 amide bonds. The van der Waals surface area contributed by atoms with Crippen LogP contribution in [-0.4, -0.2) is 32.2 Å². The van der Waals surface area contributed by atoms with E-state index in [4.69, 9.17) is 4.74 Å². The van der Waals surface area contributed by atoms with Crippen LogP contribution in [0.2, 0.25) is 0 Å². The summed E-state index contributed by atoms with van der Waals surface area (Å²) in [5.41, 5.74) is 0.917. The van der Waals surface area contributed by atoms with Crippen LogP contribution in [0.3, 0.4) is 0 Å². The number of hydrogen-bond acceptors (Lipinski definition) is 2. The predicted octanol–water partition coefficient (Wildman–Crippen LogP) is 3.73. The van der Waals surface area contributed by atoms with Crippen molar-refractivity contribution in [2.24, 2.45) is 10.9 Å². The van der Waals surface area contributed by atoms with Crippen LogP contribution >= 0.6 is 24.0 Å². The van der Waals surface area contributed by atoms with Crippen LogP contribution in [0.15, 0.2) is 29.3 Å². The first kappa shape index (κ1) is 22.1. The molecule has 1 aromatic carbocycles. The summed E-state index contributed by atoms with van der Waals surface area (Å²) < 4.78 is 18.5. The zero-order chi connectivity index (χ0) is 16.5. The molecule has 0 radical (unpaired) electrons. The van der Waals surface area contributed by atoms with Gasteiger partial charge in [-0.25, -0.2) is 4.39 Å². The highest BCUT2D eigenvalue weighted by atomic mass is 127. The molecule has 0 aromatic heterocycles. The van der Waals surface area contributed by atoms with E-state index in [0.717, 1.165) is 18.1 Å². The van der Waals surface area contributed by atoms with E-state index < -0.39 is 0 Å². The van der Waals surface area contributed by atoms with Gasteiger partial charge in [-0.15, -0.1) is 24.0 Å². The lowest BCUT2D eigenvalue weighted by Gasteiger charge is -2.21. The zero-order valence-electron chi connectivity index (χ0n) is 14.6. The van der Waals surface area contributed by atoms with Gasteiger partial charge in [0.25, 0.3) is 0 Å². The van der Waals surface area contributed by atoms with Crippen molar-refractivity contribution >= 4 is 29.9 Å². The zero-order valence-corrected chi connectivity index (χ0v) is 16.9. The van der Waals surface area contributed by atoms with Crippen LogP contribution in [0.4, 0.5) is 4.39 Å². The second-order valence-electron chi connectivity index (χ2n) is 5.67. The van der Waals surface area contributed by atoms with E-state index in [-0.39, 0.29) is 35.9 Å². The fourth-order valence-electron chi connectivity index (χ4n) is 1.87. The number of halogens is 2.